The molecule has 6 heteroatoms. The maximum absolute atomic E-state index is 12.6. The van der Waals surface area contributed by atoms with Crippen LogP contribution in [0.3, 0.4) is 0 Å². The first-order valence-corrected chi connectivity index (χ1v) is 9.24. The van der Waals surface area contributed by atoms with Crippen molar-refractivity contribution < 1.29 is 9.32 Å². The Labute approximate surface area is 139 Å². The number of piperidine rings is 1. The molecule has 1 unspecified atom stereocenters. The van der Waals surface area contributed by atoms with Gasteiger partial charge in [-0.3, -0.25) is 4.79 Å². The van der Waals surface area contributed by atoms with Gasteiger partial charge in [0.1, 0.15) is 0 Å². The summed E-state index contributed by atoms with van der Waals surface area (Å²) in [5.41, 5.74) is 1.16. The molecule has 2 aromatic rings. The van der Waals surface area contributed by atoms with Crippen LogP contribution in [0.2, 0.25) is 0 Å². The van der Waals surface area contributed by atoms with Crippen molar-refractivity contribution in [1.82, 2.24) is 15.0 Å². The van der Waals surface area contributed by atoms with Crippen molar-refractivity contribution >= 4 is 17.2 Å². The maximum Gasteiger partial charge on any atom is 0.263 e. The number of nitrogens with zero attached hydrogens (tertiary/aromatic N) is 3. The van der Waals surface area contributed by atoms with E-state index in [0.29, 0.717) is 11.8 Å². The summed E-state index contributed by atoms with van der Waals surface area (Å²) in [7, 11) is 0. The summed E-state index contributed by atoms with van der Waals surface area (Å²) in [5.74, 6) is 2.72. The summed E-state index contributed by atoms with van der Waals surface area (Å²) >= 11 is 1.54. The van der Waals surface area contributed by atoms with Gasteiger partial charge < -0.3 is 9.42 Å². The monoisotopic (exact) mass is 331 g/mol. The number of aromatic nitrogens is 2. The van der Waals surface area contributed by atoms with Crippen LogP contribution < -0.4 is 0 Å². The molecule has 1 saturated carbocycles. The maximum atomic E-state index is 12.6. The van der Waals surface area contributed by atoms with Crippen molar-refractivity contribution in [3.05, 3.63) is 33.6 Å². The molecule has 3 heterocycles. The van der Waals surface area contributed by atoms with Crippen LogP contribution in [0, 0.1) is 12.8 Å². The Balaban J connectivity index is 1.39. The second-order valence-corrected chi connectivity index (χ2v) is 7.68. The SMILES string of the molecule is Cc1csc(C(=O)N2CCCC(Cc3nc(C4CC4)no3)C2)c1. The fraction of sp³-hybridized carbons (Fsp3) is 0.588. The minimum absolute atomic E-state index is 0.164. The van der Waals surface area contributed by atoms with E-state index in [1.807, 2.05) is 23.3 Å². The topological polar surface area (TPSA) is 59.2 Å². The molecular formula is C17H21N3O2S. The van der Waals surface area contributed by atoms with Crippen LogP contribution >= 0.6 is 11.3 Å². The van der Waals surface area contributed by atoms with E-state index in [1.165, 1.54) is 24.2 Å². The molecule has 5 nitrogen and oxygen atoms in total. The highest BCUT2D eigenvalue weighted by Crippen LogP contribution is 2.38. The molecule has 23 heavy (non-hydrogen) atoms. The minimum atomic E-state index is 0.164. The third-order valence-electron chi connectivity index (χ3n) is 4.64. The second-order valence-electron chi connectivity index (χ2n) is 6.77. The third kappa shape index (κ3) is 3.32. The number of aryl methyl sites for hydroxylation is 1. The number of carbonyl (C=O) groups excluding carboxylic acids is 1. The van der Waals surface area contributed by atoms with Gasteiger partial charge in [-0.2, -0.15) is 4.98 Å². The van der Waals surface area contributed by atoms with Gasteiger partial charge in [-0.15, -0.1) is 11.3 Å². The summed E-state index contributed by atoms with van der Waals surface area (Å²) < 4.78 is 5.39. The smallest absolute Gasteiger partial charge is 0.263 e. The third-order valence-corrected chi connectivity index (χ3v) is 5.67. The predicted octanol–water partition coefficient (Wildman–Crippen LogP) is 3.41. The Morgan fingerprint density at radius 2 is 2.30 bits per heavy atom. The molecule has 1 aliphatic heterocycles. The van der Waals surface area contributed by atoms with Gasteiger partial charge in [-0.25, -0.2) is 0 Å². The Hall–Kier alpha value is -1.69. The van der Waals surface area contributed by atoms with Crippen LogP contribution in [-0.2, 0) is 6.42 Å². The first-order chi connectivity index (χ1) is 11.2. The lowest BCUT2D eigenvalue weighted by Gasteiger charge is -2.31. The number of rotatable bonds is 4. The molecular weight excluding hydrogens is 310 g/mol. The number of thiophene rings is 1. The quantitative estimate of drug-likeness (QED) is 0.861. The molecule has 0 spiro atoms. The summed E-state index contributed by atoms with van der Waals surface area (Å²) in [6.45, 7) is 3.67. The van der Waals surface area contributed by atoms with E-state index in [0.717, 1.165) is 54.5 Å². The van der Waals surface area contributed by atoms with Gasteiger partial charge in [-0.05, 0) is 55.5 Å². The van der Waals surface area contributed by atoms with Gasteiger partial charge in [-0.1, -0.05) is 5.16 Å². The van der Waals surface area contributed by atoms with Crippen LogP contribution in [-0.4, -0.2) is 34.0 Å². The van der Waals surface area contributed by atoms with Crippen molar-refractivity contribution in [1.29, 1.82) is 0 Å². The van der Waals surface area contributed by atoms with Crippen molar-refractivity contribution in [2.75, 3.05) is 13.1 Å². The van der Waals surface area contributed by atoms with Crippen molar-refractivity contribution in [3.63, 3.8) is 0 Å². The highest BCUT2D eigenvalue weighted by molar-refractivity contribution is 7.12. The lowest BCUT2D eigenvalue weighted by Crippen LogP contribution is -2.40. The number of amides is 1. The van der Waals surface area contributed by atoms with Crippen molar-refractivity contribution in [2.45, 2.75) is 44.9 Å². The van der Waals surface area contributed by atoms with Gasteiger partial charge in [0.15, 0.2) is 5.82 Å². The summed E-state index contributed by atoms with van der Waals surface area (Å²) in [4.78, 5) is 19.9. The molecule has 0 radical (unpaired) electrons. The largest absolute Gasteiger partial charge is 0.339 e. The molecule has 0 N–H and O–H groups in total. The second kappa shape index (κ2) is 6.07. The minimum Gasteiger partial charge on any atom is -0.339 e. The fourth-order valence-electron chi connectivity index (χ4n) is 3.22. The van der Waals surface area contributed by atoms with Gasteiger partial charge >= 0.3 is 0 Å². The van der Waals surface area contributed by atoms with Crippen molar-refractivity contribution in [3.8, 4) is 0 Å². The molecule has 2 aromatic heterocycles. The zero-order valence-corrected chi connectivity index (χ0v) is 14.1. The Kier molecular flexibility index (Phi) is 3.93. The molecule has 2 aliphatic rings. The van der Waals surface area contributed by atoms with E-state index >= 15 is 0 Å². The number of hydrogen-bond acceptors (Lipinski definition) is 5. The van der Waals surface area contributed by atoms with Crippen LogP contribution in [0.4, 0.5) is 0 Å². The lowest BCUT2D eigenvalue weighted by atomic mass is 9.94. The van der Waals surface area contributed by atoms with Crippen LogP contribution in [0.25, 0.3) is 0 Å². The molecule has 0 aromatic carbocycles. The molecule has 0 bridgehead atoms. The zero-order valence-electron chi connectivity index (χ0n) is 13.3. The summed E-state index contributed by atoms with van der Waals surface area (Å²) in [5, 5.41) is 6.12. The predicted molar refractivity (Wildman–Crippen MR) is 87.7 cm³/mol. The van der Waals surface area contributed by atoms with E-state index in [-0.39, 0.29) is 5.91 Å². The molecule has 122 valence electrons. The Morgan fingerprint density at radius 1 is 1.43 bits per heavy atom. The van der Waals surface area contributed by atoms with Gasteiger partial charge in [0.2, 0.25) is 5.89 Å². The molecule has 2 fully saturated rings. The summed E-state index contributed by atoms with van der Waals surface area (Å²) in [6, 6.07) is 1.98. The molecule has 1 aliphatic carbocycles. The van der Waals surface area contributed by atoms with E-state index < -0.39 is 0 Å². The molecule has 1 atom stereocenters. The summed E-state index contributed by atoms with van der Waals surface area (Å²) in [6.07, 6.45) is 5.32. The van der Waals surface area contributed by atoms with E-state index in [4.69, 9.17) is 4.52 Å². The standard InChI is InChI=1S/C17H21N3O2S/c1-11-7-14(23-10-11)17(21)20-6-2-3-12(9-20)8-15-18-16(19-22-15)13-4-5-13/h7,10,12-13H,2-6,8-9H2,1H3. The normalized spacial score (nSPS) is 21.6. The average Bonchev–Trinajstić information content (AvgIpc) is 3.16. The van der Waals surface area contributed by atoms with E-state index in [9.17, 15) is 4.79 Å². The zero-order chi connectivity index (χ0) is 15.8. The molecule has 1 amide bonds. The fourth-order valence-corrected chi connectivity index (χ4v) is 4.09. The van der Waals surface area contributed by atoms with Gasteiger partial charge in [0, 0.05) is 25.4 Å². The number of hydrogen-bond donors (Lipinski definition) is 0. The van der Waals surface area contributed by atoms with Crippen LogP contribution in [0.1, 0.15) is 58.6 Å². The van der Waals surface area contributed by atoms with E-state index in [1.54, 1.807) is 0 Å². The lowest BCUT2D eigenvalue weighted by molar-refractivity contribution is 0.0673. The molecule has 1 saturated heterocycles. The Bertz CT molecular complexity index is 704. The van der Waals surface area contributed by atoms with Crippen LogP contribution in [0.5, 0.6) is 0 Å². The first-order valence-electron chi connectivity index (χ1n) is 8.36. The first kappa shape index (κ1) is 14.9. The van der Waals surface area contributed by atoms with E-state index in [2.05, 4.69) is 10.1 Å². The number of carbonyl (C=O) groups is 1. The van der Waals surface area contributed by atoms with Crippen molar-refractivity contribution in [2.24, 2.45) is 5.92 Å². The number of likely N-dealkylation sites (tertiary alicyclic amines) is 1. The van der Waals surface area contributed by atoms with Crippen LogP contribution in [0.15, 0.2) is 16.0 Å². The highest BCUT2D eigenvalue weighted by atomic mass is 32.1. The Morgan fingerprint density at radius 3 is 3.04 bits per heavy atom. The van der Waals surface area contributed by atoms with Gasteiger partial charge in [0.25, 0.3) is 5.91 Å². The highest BCUT2D eigenvalue weighted by Gasteiger charge is 2.30. The van der Waals surface area contributed by atoms with Gasteiger partial charge in [0.05, 0.1) is 4.88 Å². The molecule has 4 rings (SSSR count). The average molecular weight is 331 g/mol.